The van der Waals surface area contributed by atoms with Crippen LogP contribution < -0.4 is 15.5 Å². The van der Waals surface area contributed by atoms with Crippen molar-refractivity contribution in [2.75, 3.05) is 16.8 Å². The predicted octanol–water partition coefficient (Wildman–Crippen LogP) is 3.52. The molecule has 2 atom stereocenters. The van der Waals surface area contributed by atoms with Gasteiger partial charge in [-0.2, -0.15) is 0 Å². The van der Waals surface area contributed by atoms with Crippen molar-refractivity contribution >= 4 is 29.1 Å². The molecular formula is C25H21N3O3. The molecule has 2 N–H and O–H groups in total. The van der Waals surface area contributed by atoms with Crippen molar-refractivity contribution in [1.29, 1.82) is 0 Å². The van der Waals surface area contributed by atoms with E-state index in [1.54, 1.807) is 4.90 Å². The number of fused-ring (bicyclic) bond motifs is 3. The second-order valence-electron chi connectivity index (χ2n) is 7.73. The normalized spacial score (nSPS) is 19.8. The predicted molar refractivity (Wildman–Crippen MR) is 118 cm³/mol. The van der Waals surface area contributed by atoms with E-state index in [0.717, 1.165) is 16.8 Å². The molecular weight excluding hydrogens is 390 g/mol. The molecule has 0 aliphatic carbocycles. The zero-order chi connectivity index (χ0) is 21.4. The van der Waals surface area contributed by atoms with Crippen LogP contribution in [0.25, 0.3) is 11.1 Å². The maximum absolute atomic E-state index is 13.1. The van der Waals surface area contributed by atoms with Crippen LogP contribution in [0, 0.1) is 5.92 Å². The van der Waals surface area contributed by atoms with E-state index >= 15 is 0 Å². The van der Waals surface area contributed by atoms with E-state index in [1.165, 1.54) is 0 Å². The fourth-order valence-corrected chi connectivity index (χ4v) is 4.34. The Hall–Kier alpha value is -3.93. The first-order chi connectivity index (χ1) is 15.1. The van der Waals surface area contributed by atoms with Gasteiger partial charge in [-0.25, -0.2) is 0 Å². The molecule has 2 aliphatic heterocycles. The highest BCUT2D eigenvalue weighted by molar-refractivity contribution is 6.11. The highest BCUT2D eigenvalue weighted by atomic mass is 16.2. The monoisotopic (exact) mass is 411 g/mol. The number of hydrogen-bond donors (Lipinski definition) is 2. The lowest BCUT2D eigenvalue weighted by molar-refractivity contribution is -0.134. The number of nitrogens with one attached hydrogen (secondary N) is 2. The van der Waals surface area contributed by atoms with Crippen LogP contribution in [0.15, 0.2) is 78.9 Å². The highest BCUT2D eigenvalue weighted by Gasteiger charge is 2.40. The molecule has 2 aliphatic rings. The molecule has 2 heterocycles. The first-order valence-electron chi connectivity index (χ1n) is 10.3. The molecule has 1 fully saturated rings. The van der Waals surface area contributed by atoms with Crippen molar-refractivity contribution in [1.82, 2.24) is 5.32 Å². The van der Waals surface area contributed by atoms with Gasteiger partial charge in [0, 0.05) is 23.5 Å². The van der Waals surface area contributed by atoms with Gasteiger partial charge in [0.1, 0.15) is 12.0 Å². The summed E-state index contributed by atoms with van der Waals surface area (Å²) < 4.78 is 0. The number of carbonyl (C=O) groups is 3. The van der Waals surface area contributed by atoms with Crippen LogP contribution in [0.3, 0.4) is 0 Å². The molecule has 3 aromatic carbocycles. The summed E-state index contributed by atoms with van der Waals surface area (Å²) in [6, 6.07) is 23.5. The molecule has 1 unspecified atom stereocenters. The zero-order valence-electron chi connectivity index (χ0n) is 16.7. The SMILES string of the molecule is O=C(N[C@@H]1C(=O)Nc2ccccc2-c2ccccc21)C1CCN(c2ccccc2)C1=O. The van der Waals surface area contributed by atoms with E-state index in [2.05, 4.69) is 10.6 Å². The molecule has 3 amide bonds. The van der Waals surface area contributed by atoms with Crippen LogP contribution in [0.5, 0.6) is 0 Å². The molecule has 0 bridgehead atoms. The summed E-state index contributed by atoms with van der Waals surface area (Å²) in [4.78, 5) is 40.7. The quantitative estimate of drug-likeness (QED) is 0.648. The van der Waals surface area contributed by atoms with E-state index in [9.17, 15) is 14.4 Å². The van der Waals surface area contributed by atoms with E-state index in [4.69, 9.17) is 0 Å². The molecule has 31 heavy (non-hydrogen) atoms. The Labute approximate surface area is 179 Å². The Morgan fingerprint density at radius 3 is 2.35 bits per heavy atom. The third-order valence-electron chi connectivity index (χ3n) is 5.89. The molecule has 0 aromatic heterocycles. The standard InChI is InChI=1S/C25H21N3O3/c29-23(20-14-15-28(25(20)31)16-8-2-1-3-9-16)27-22-19-12-5-4-10-17(19)18-11-6-7-13-21(18)26-24(22)30/h1-13,20,22H,14-15H2,(H,26,30)(H,27,29)/t20?,22-/m0/s1. The van der Waals surface area contributed by atoms with E-state index < -0.39 is 17.9 Å². The van der Waals surface area contributed by atoms with E-state index in [1.807, 2.05) is 78.9 Å². The molecule has 154 valence electrons. The summed E-state index contributed by atoms with van der Waals surface area (Å²) >= 11 is 0. The van der Waals surface area contributed by atoms with Gasteiger partial charge >= 0.3 is 0 Å². The van der Waals surface area contributed by atoms with Crippen molar-refractivity contribution in [3.63, 3.8) is 0 Å². The van der Waals surface area contributed by atoms with E-state index in [-0.39, 0.29) is 11.8 Å². The summed E-state index contributed by atoms with van der Waals surface area (Å²) in [6.07, 6.45) is 0.412. The lowest BCUT2D eigenvalue weighted by atomic mass is 9.95. The number of benzene rings is 3. The minimum atomic E-state index is -0.880. The fourth-order valence-electron chi connectivity index (χ4n) is 4.34. The van der Waals surface area contributed by atoms with Crippen LogP contribution in [0.2, 0.25) is 0 Å². The average Bonchev–Trinajstić information content (AvgIpc) is 3.14. The zero-order valence-corrected chi connectivity index (χ0v) is 16.7. The maximum Gasteiger partial charge on any atom is 0.251 e. The molecule has 6 heteroatoms. The smallest absolute Gasteiger partial charge is 0.251 e. The largest absolute Gasteiger partial charge is 0.340 e. The second-order valence-corrected chi connectivity index (χ2v) is 7.73. The van der Waals surface area contributed by atoms with Gasteiger partial charge < -0.3 is 15.5 Å². The first kappa shape index (κ1) is 19.1. The Kier molecular flexibility index (Phi) is 4.75. The van der Waals surface area contributed by atoms with Gasteiger partial charge in [0.2, 0.25) is 11.8 Å². The molecule has 5 rings (SSSR count). The van der Waals surface area contributed by atoms with Crippen molar-refractivity contribution in [3.8, 4) is 11.1 Å². The van der Waals surface area contributed by atoms with Crippen LogP contribution in [-0.4, -0.2) is 24.3 Å². The van der Waals surface area contributed by atoms with Gasteiger partial charge in [-0.05, 0) is 35.7 Å². The molecule has 0 radical (unpaired) electrons. The molecule has 3 aromatic rings. The Balaban J connectivity index is 1.42. The summed E-state index contributed by atoms with van der Waals surface area (Å²) in [5.41, 5.74) is 3.96. The third-order valence-corrected chi connectivity index (χ3v) is 5.89. The number of rotatable bonds is 3. The Morgan fingerprint density at radius 1 is 0.871 bits per heavy atom. The summed E-state index contributed by atoms with van der Waals surface area (Å²) in [6.45, 7) is 0.472. The van der Waals surface area contributed by atoms with Gasteiger partial charge in [0.05, 0.1) is 0 Å². The van der Waals surface area contributed by atoms with Crippen molar-refractivity contribution in [2.45, 2.75) is 12.5 Å². The second kappa shape index (κ2) is 7.72. The third kappa shape index (κ3) is 3.36. The maximum atomic E-state index is 13.1. The molecule has 6 nitrogen and oxygen atoms in total. The minimum Gasteiger partial charge on any atom is -0.340 e. The minimum absolute atomic E-state index is 0.241. The lowest BCUT2D eigenvalue weighted by Gasteiger charge is -2.20. The van der Waals surface area contributed by atoms with Gasteiger partial charge in [-0.15, -0.1) is 0 Å². The van der Waals surface area contributed by atoms with Crippen molar-refractivity contribution in [2.24, 2.45) is 5.92 Å². The number of anilines is 2. The Morgan fingerprint density at radius 2 is 1.55 bits per heavy atom. The highest BCUT2D eigenvalue weighted by Crippen LogP contribution is 2.37. The number of nitrogens with zero attached hydrogens (tertiary/aromatic N) is 1. The molecule has 0 spiro atoms. The summed E-state index contributed by atoms with van der Waals surface area (Å²) in [7, 11) is 0. The first-order valence-corrected chi connectivity index (χ1v) is 10.3. The van der Waals surface area contributed by atoms with Gasteiger partial charge in [-0.3, -0.25) is 14.4 Å². The van der Waals surface area contributed by atoms with Gasteiger partial charge in [-0.1, -0.05) is 60.7 Å². The Bertz CT molecular complexity index is 1180. The summed E-state index contributed by atoms with van der Waals surface area (Å²) in [5, 5.41) is 5.76. The number of hydrogen-bond acceptors (Lipinski definition) is 3. The molecule has 0 saturated carbocycles. The van der Waals surface area contributed by atoms with Gasteiger partial charge in [0.15, 0.2) is 0 Å². The number of para-hydroxylation sites is 2. The van der Waals surface area contributed by atoms with Crippen molar-refractivity contribution < 1.29 is 14.4 Å². The van der Waals surface area contributed by atoms with Crippen LogP contribution >= 0.6 is 0 Å². The molecule has 1 saturated heterocycles. The fraction of sp³-hybridized carbons (Fsp3) is 0.160. The number of amides is 3. The van der Waals surface area contributed by atoms with Gasteiger partial charge in [0.25, 0.3) is 5.91 Å². The summed E-state index contributed by atoms with van der Waals surface area (Å²) in [5.74, 6) is -1.81. The lowest BCUT2D eigenvalue weighted by Crippen LogP contribution is -2.42. The van der Waals surface area contributed by atoms with Crippen LogP contribution in [0.1, 0.15) is 18.0 Å². The average molecular weight is 411 g/mol. The number of carbonyl (C=O) groups excluding carboxylic acids is 3. The topological polar surface area (TPSA) is 78.5 Å². The van der Waals surface area contributed by atoms with E-state index in [0.29, 0.717) is 24.2 Å². The van der Waals surface area contributed by atoms with Crippen LogP contribution in [0.4, 0.5) is 11.4 Å². The van der Waals surface area contributed by atoms with Crippen molar-refractivity contribution in [3.05, 3.63) is 84.4 Å². The van der Waals surface area contributed by atoms with Crippen LogP contribution in [-0.2, 0) is 14.4 Å².